The second-order valence-electron chi connectivity index (χ2n) is 4.07. The van der Waals surface area contributed by atoms with E-state index in [9.17, 15) is 8.78 Å². The highest BCUT2D eigenvalue weighted by Gasteiger charge is 2.43. The normalized spacial score (nSPS) is 17.5. The Balaban J connectivity index is 1.95. The standard InChI is InChI=1S/C11H9F2N3O3/c1-5(14)10-15-9(16-19-10)6-2-3-7-8(4-6)18-11(12,13)17-7/h2-5H,14H2,1H3/t5-/m0/s1. The van der Waals surface area contributed by atoms with Gasteiger partial charge in [-0.3, -0.25) is 0 Å². The number of ether oxygens (including phenoxy) is 2. The molecular formula is C11H9F2N3O3. The van der Waals surface area contributed by atoms with Crippen molar-refractivity contribution in [3.63, 3.8) is 0 Å². The molecule has 0 unspecified atom stereocenters. The van der Waals surface area contributed by atoms with E-state index in [-0.39, 0.29) is 23.2 Å². The van der Waals surface area contributed by atoms with E-state index in [0.29, 0.717) is 5.56 Å². The molecule has 0 amide bonds. The van der Waals surface area contributed by atoms with Crippen molar-refractivity contribution in [1.82, 2.24) is 10.1 Å². The number of rotatable bonds is 2. The minimum Gasteiger partial charge on any atom is -0.395 e. The van der Waals surface area contributed by atoms with Gasteiger partial charge in [0, 0.05) is 5.56 Å². The van der Waals surface area contributed by atoms with Gasteiger partial charge in [0.15, 0.2) is 11.5 Å². The van der Waals surface area contributed by atoms with Crippen LogP contribution in [0.2, 0.25) is 0 Å². The first-order valence-corrected chi connectivity index (χ1v) is 5.44. The Morgan fingerprint density at radius 2 is 2.00 bits per heavy atom. The van der Waals surface area contributed by atoms with Crippen LogP contribution in [0.5, 0.6) is 11.5 Å². The third kappa shape index (κ3) is 2.10. The molecular weight excluding hydrogens is 260 g/mol. The molecule has 2 N–H and O–H groups in total. The van der Waals surface area contributed by atoms with Crippen molar-refractivity contribution in [2.24, 2.45) is 5.73 Å². The molecule has 0 saturated heterocycles. The number of hydrogen-bond donors (Lipinski definition) is 1. The van der Waals surface area contributed by atoms with Gasteiger partial charge >= 0.3 is 6.29 Å². The Bertz CT molecular complexity index is 627. The van der Waals surface area contributed by atoms with Gasteiger partial charge in [-0.1, -0.05) is 5.16 Å². The molecule has 1 aromatic heterocycles. The third-order valence-corrected chi connectivity index (χ3v) is 2.49. The highest BCUT2D eigenvalue weighted by atomic mass is 19.3. The van der Waals surface area contributed by atoms with E-state index < -0.39 is 12.3 Å². The summed E-state index contributed by atoms with van der Waals surface area (Å²) in [6.07, 6.45) is -3.64. The lowest BCUT2D eigenvalue weighted by atomic mass is 10.2. The quantitative estimate of drug-likeness (QED) is 0.898. The summed E-state index contributed by atoms with van der Waals surface area (Å²) >= 11 is 0. The van der Waals surface area contributed by atoms with Crippen LogP contribution >= 0.6 is 0 Å². The minimum absolute atomic E-state index is 0.0374. The smallest absolute Gasteiger partial charge is 0.395 e. The summed E-state index contributed by atoms with van der Waals surface area (Å²) < 4.78 is 39.3. The van der Waals surface area contributed by atoms with E-state index >= 15 is 0 Å². The van der Waals surface area contributed by atoms with Crippen LogP contribution in [0.3, 0.4) is 0 Å². The molecule has 0 fully saturated rings. The third-order valence-electron chi connectivity index (χ3n) is 2.49. The second kappa shape index (κ2) is 3.89. The average Bonchev–Trinajstić information content (AvgIpc) is 2.89. The van der Waals surface area contributed by atoms with Crippen LogP contribution in [0, 0.1) is 0 Å². The zero-order valence-corrected chi connectivity index (χ0v) is 9.76. The first-order valence-electron chi connectivity index (χ1n) is 5.44. The molecule has 1 aromatic carbocycles. The highest BCUT2D eigenvalue weighted by molar-refractivity contribution is 5.61. The number of alkyl halides is 2. The van der Waals surface area contributed by atoms with Crippen LogP contribution in [0.4, 0.5) is 8.78 Å². The molecule has 1 atom stereocenters. The van der Waals surface area contributed by atoms with E-state index in [0.717, 1.165) is 0 Å². The predicted octanol–water partition coefficient (Wildman–Crippen LogP) is 2.08. The maximum absolute atomic E-state index is 12.9. The van der Waals surface area contributed by atoms with Gasteiger partial charge in [0.05, 0.1) is 6.04 Å². The van der Waals surface area contributed by atoms with Gasteiger partial charge in [0.2, 0.25) is 11.7 Å². The summed E-state index contributed by atoms with van der Waals surface area (Å²) in [6, 6.07) is 3.83. The number of nitrogens with two attached hydrogens (primary N) is 1. The number of benzene rings is 1. The van der Waals surface area contributed by atoms with E-state index in [1.54, 1.807) is 6.92 Å². The fraction of sp³-hybridized carbons (Fsp3) is 0.273. The maximum Gasteiger partial charge on any atom is 0.586 e. The summed E-state index contributed by atoms with van der Waals surface area (Å²) in [5.41, 5.74) is 6.06. The fourth-order valence-corrected chi connectivity index (χ4v) is 1.63. The summed E-state index contributed by atoms with van der Waals surface area (Å²) in [6.45, 7) is 1.69. The fourth-order valence-electron chi connectivity index (χ4n) is 1.63. The van der Waals surface area contributed by atoms with E-state index in [4.69, 9.17) is 10.3 Å². The molecule has 0 aliphatic carbocycles. The number of halogens is 2. The molecule has 8 heteroatoms. The molecule has 0 bridgehead atoms. The summed E-state index contributed by atoms with van der Waals surface area (Å²) in [4.78, 5) is 4.06. The lowest BCUT2D eigenvalue weighted by Gasteiger charge is -2.04. The number of hydrogen-bond acceptors (Lipinski definition) is 6. The Morgan fingerprint density at radius 1 is 1.26 bits per heavy atom. The topological polar surface area (TPSA) is 83.4 Å². The van der Waals surface area contributed by atoms with Crippen molar-refractivity contribution >= 4 is 0 Å². The molecule has 2 heterocycles. The van der Waals surface area contributed by atoms with Crippen LogP contribution in [0.1, 0.15) is 18.9 Å². The van der Waals surface area contributed by atoms with Crippen LogP contribution in [-0.4, -0.2) is 16.4 Å². The summed E-state index contributed by atoms with van der Waals surface area (Å²) in [5.74, 6) is 0.395. The van der Waals surface area contributed by atoms with E-state index in [2.05, 4.69) is 19.6 Å². The molecule has 1 aliphatic rings. The lowest BCUT2D eigenvalue weighted by molar-refractivity contribution is -0.286. The van der Waals surface area contributed by atoms with Crippen LogP contribution in [0.15, 0.2) is 22.7 Å². The van der Waals surface area contributed by atoms with Crippen LogP contribution in [-0.2, 0) is 0 Å². The number of nitrogens with zero attached hydrogens (tertiary/aromatic N) is 2. The van der Waals surface area contributed by atoms with Crippen LogP contribution < -0.4 is 15.2 Å². The molecule has 1 aliphatic heterocycles. The van der Waals surface area contributed by atoms with E-state index in [1.807, 2.05) is 0 Å². The zero-order valence-electron chi connectivity index (χ0n) is 9.76. The Kier molecular flexibility index (Phi) is 2.42. The van der Waals surface area contributed by atoms with Gasteiger partial charge in [-0.15, -0.1) is 8.78 Å². The zero-order chi connectivity index (χ0) is 13.6. The molecule has 0 saturated carbocycles. The van der Waals surface area contributed by atoms with Crippen molar-refractivity contribution in [2.75, 3.05) is 0 Å². The average molecular weight is 269 g/mol. The minimum atomic E-state index is -3.64. The molecule has 2 aromatic rings. The second-order valence-corrected chi connectivity index (χ2v) is 4.07. The molecule has 100 valence electrons. The SMILES string of the molecule is C[C@H](N)c1nc(-c2ccc3c(c2)OC(F)(F)O3)no1. The summed E-state index contributed by atoms with van der Waals surface area (Å²) in [7, 11) is 0. The van der Waals surface area contributed by atoms with Crippen molar-refractivity contribution in [3.05, 3.63) is 24.1 Å². The Hall–Kier alpha value is -2.22. The van der Waals surface area contributed by atoms with Gasteiger partial charge in [0.25, 0.3) is 0 Å². The first-order chi connectivity index (χ1) is 8.94. The molecule has 0 spiro atoms. The maximum atomic E-state index is 12.9. The van der Waals surface area contributed by atoms with Gasteiger partial charge in [-0.05, 0) is 25.1 Å². The van der Waals surface area contributed by atoms with Crippen LogP contribution in [0.25, 0.3) is 11.4 Å². The van der Waals surface area contributed by atoms with Gasteiger partial charge in [0.1, 0.15) is 0 Å². The Morgan fingerprint density at radius 3 is 2.68 bits per heavy atom. The predicted molar refractivity (Wildman–Crippen MR) is 58.5 cm³/mol. The van der Waals surface area contributed by atoms with Crippen molar-refractivity contribution in [2.45, 2.75) is 19.3 Å². The first kappa shape index (κ1) is 11.8. The molecule has 19 heavy (non-hydrogen) atoms. The lowest BCUT2D eigenvalue weighted by Crippen LogP contribution is -2.25. The van der Waals surface area contributed by atoms with Gasteiger partial charge in [-0.2, -0.15) is 4.98 Å². The molecule has 0 radical (unpaired) electrons. The monoisotopic (exact) mass is 269 g/mol. The number of fused-ring (bicyclic) bond motifs is 1. The highest BCUT2D eigenvalue weighted by Crippen LogP contribution is 2.42. The molecule has 3 rings (SSSR count). The summed E-state index contributed by atoms with van der Waals surface area (Å²) in [5, 5.41) is 3.72. The van der Waals surface area contributed by atoms with Crippen molar-refractivity contribution in [1.29, 1.82) is 0 Å². The Labute approximate surface area is 106 Å². The van der Waals surface area contributed by atoms with E-state index in [1.165, 1.54) is 18.2 Å². The van der Waals surface area contributed by atoms with Gasteiger partial charge in [-0.25, -0.2) is 0 Å². The van der Waals surface area contributed by atoms with Crippen molar-refractivity contribution in [3.8, 4) is 22.9 Å². The van der Waals surface area contributed by atoms with Crippen molar-refractivity contribution < 1.29 is 22.8 Å². The largest absolute Gasteiger partial charge is 0.586 e. The van der Waals surface area contributed by atoms with Gasteiger partial charge < -0.3 is 19.7 Å². The number of aromatic nitrogens is 2. The molecule has 6 nitrogen and oxygen atoms in total.